The topological polar surface area (TPSA) is 63.9 Å². The number of thiazole rings is 1. The van der Waals surface area contributed by atoms with Gasteiger partial charge in [0, 0.05) is 38.1 Å². The van der Waals surface area contributed by atoms with Crippen LogP contribution in [0.25, 0.3) is 0 Å². The summed E-state index contributed by atoms with van der Waals surface area (Å²) in [7, 11) is 1.75. The molecule has 1 aliphatic heterocycles. The van der Waals surface area contributed by atoms with Crippen molar-refractivity contribution >= 4 is 44.7 Å². The molecule has 5 nitrogen and oxygen atoms in total. The minimum atomic E-state index is -0.344. The number of hydrogen-bond donors (Lipinski definition) is 1. The van der Waals surface area contributed by atoms with Gasteiger partial charge in [0.25, 0.3) is 0 Å². The van der Waals surface area contributed by atoms with Crippen molar-refractivity contribution in [1.82, 2.24) is 4.98 Å². The fourth-order valence-electron chi connectivity index (χ4n) is 2.68. The van der Waals surface area contributed by atoms with Crippen molar-refractivity contribution in [3.05, 3.63) is 39.4 Å². The molecule has 2 heterocycles. The van der Waals surface area contributed by atoms with Crippen molar-refractivity contribution in [3.8, 4) is 0 Å². The first-order valence-corrected chi connectivity index (χ1v) is 10.3. The smallest absolute Gasteiger partial charge is 0.131 e. The van der Waals surface area contributed by atoms with E-state index in [4.69, 9.17) is 19.7 Å². The highest BCUT2D eigenvalue weighted by molar-refractivity contribution is 9.10. The standard InChI is InChI=1S/C17H19BrN2O3S2/c1-11(20-21)12-3-5-13(6-4-12)24-15-14(18)19-16(25-15)17(22-2)7-9-23-10-8-17/h3-6,21H,7-10H2,1-2H3. The van der Waals surface area contributed by atoms with Crippen LogP contribution in [-0.4, -0.2) is 36.2 Å². The summed E-state index contributed by atoms with van der Waals surface area (Å²) in [6, 6.07) is 7.92. The minimum absolute atomic E-state index is 0.344. The Hall–Kier alpha value is -0.930. The lowest BCUT2D eigenvalue weighted by Crippen LogP contribution is -2.35. The van der Waals surface area contributed by atoms with Gasteiger partial charge in [-0.2, -0.15) is 0 Å². The average Bonchev–Trinajstić information content (AvgIpc) is 3.03. The average molecular weight is 443 g/mol. The Morgan fingerprint density at radius 1 is 1.36 bits per heavy atom. The first kappa shape index (κ1) is 18.8. The summed E-state index contributed by atoms with van der Waals surface area (Å²) < 4.78 is 13.3. The zero-order valence-corrected chi connectivity index (χ0v) is 17.2. The van der Waals surface area contributed by atoms with Crippen LogP contribution in [0.4, 0.5) is 0 Å². The normalized spacial score (nSPS) is 17.6. The lowest BCUT2D eigenvalue weighted by atomic mass is 9.95. The molecule has 1 saturated heterocycles. The maximum Gasteiger partial charge on any atom is 0.131 e. The molecule has 0 radical (unpaired) electrons. The molecule has 1 aromatic carbocycles. The van der Waals surface area contributed by atoms with Crippen LogP contribution < -0.4 is 0 Å². The zero-order valence-electron chi connectivity index (χ0n) is 14.0. The Bertz CT molecular complexity index is 756. The first-order valence-electron chi connectivity index (χ1n) is 7.84. The van der Waals surface area contributed by atoms with E-state index in [0.29, 0.717) is 18.9 Å². The van der Waals surface area contributed by atoms with E-state index in [9.17, 15) is 0 Å². The largest absolute Gasteiger partial charge is 0.411 e. The van der Waals surface area contributed by atoms with Crippen LogP contribution in [0.2, 0.25) is 0 Å². The fraction of sp³-hybridized carbons (Fsp3) is 0.412. The van der Waals surface area contributed by atoms with Gasteiger partial charge in [0.2, 0.25) is 0 Å². The second kappa shape index (κ2) is 8.18. The lowest BCUT2D eigenvalue weighted by Gasteiger charge is -2.33. The second-order valence-electron chi connectivity index (χ2n) is 5.72. The fourth-order valence-corrected chi connectivity index (χ4v) is 5.69. The van der Waals surface area contributed by atoms with Gasteiger partial charge in [-0.1, -0.05) is 29.1 Å². The zero-order chi connectivity index (χ0) is 17.9. The van der Waals surface area contributed by atoms with Crippen molar-refractivity contribution in [2.75, 3.05) is 20.3 Å². The third-order valence-corrected chi connectivity index (χ3v) is 7.79. The summed E-state index contributed by atoms with van der Waals surface area (Å²) in [4.78, 5) is 5.81. The highest BCUT2D eigenvalue weighted by Crippen LogP contribution is 2.44. The van der Waals surface area contributed by atoms with Gasteiger partial charge in [-0.05, 0) is 40.5 Å². The quantitative estimate of drug-likeness (QED) is 0.404. The van der Waals surface area contributed by atoms with Gasteiger partial charge in [0.15, 0.2) is 0 Å². The number of hydrogen-bond acceptors (Lipinski definition) is 7. The highest BCUT2D eigenvalue weighted by atomic mass is 79.9. The molecule has 1 aromatic heterocycles. The number of aromatic nitrogens is 1. The molecule has 1 N–H and O–H groups in total. The molecule has 2 aromatic rings. The first-order chi connectivity index (χ1) is 12.1. The Kier molecular flexibility index (Phi) is 6.17. The van der Waals surface area contributed by atoms with E-state index in [2.05, 4.69) is 21.1 Å². The summed E-state index contributed by atoms with van der Waals surface area (Å²) in [5.41, 5.74) is 1.15. The molecular weight excluding hydrogens is 424 g/mol. The molecule has 25 heavy (non-hydrogen) atoms. The predicted octanol–water partition coefficient (Wildman–Crippen LogP) is 4.91. The molecule has 1 fully saturated rings. The number of oxime groups is 1. The van der Waals surface area contributed by atoms with E-state index in [0.717, 1.165) is 37.1 Å². The SMILES string of the molecule is COC1(c2nc(Br)c(Sc3ccc(C(C)=NO)cc3)s2)CCOCC1. The molecule has 0 unspecified atom stereocenters. The summed E-state index contributed by atoms with van der Waals surface area (Å²) >= 11 is 6.90. The Labute approximate surface area is 163 Å². The summed E-state index contributed by atoms with van der Waals surface area (Å²) in [6.07, 6.45) is 1.64. The molecule has 8 heteroatoms. The maximum absolute atomic E-state index is 8.85. The van der Waals surface area contributed by atoms with E-state index >= 15 is 0 Å². The van der Waals surface area contributed by atoms with Crippen LogP contribution in [0, 0.1) is 0 Å². The lowest BCUT2D eigenvalue weighted by molar-refractivity contribution is -0.0948. The molecule has 0 bridgehead atoms. The van der Waals surface area contributed by atoms with E-state index < -0.39 is 0 Å². The van der Waals surface area contributed by atoms with Crippen molar-refractivity contribution in [1.29, 1.82) is 0 Å². The molecular formula is C17H19BrN2O3S2. The van der Waals surface area contributed by atoms with Crippen molar-refractivity contribution < 1.29 is 14.7 Å². The highest BCUT2D eigenvalue weighted by Gasteiger charge is 2.38. The molecule has 0 saturated carbocycles. The minimum Gasteiger partial charge on any atom is -0.411 e. The Balaban J connectivity index is 1.81. The Morgan fingerprint density at radius 2 is 2.04 bits per heavy atom. The molecule has 0 amide bonds. The van der Waals surface area contributed by atoms with E-state index in [1.165, 1.54) is 0 Å². The number of benzene rings is 1. The number of nitrogens with zero attached hydrogens (tertiary/aromatic N) is 2. The molecule has 3 rings (SSSR count). The van der Waals surface area contributed by atoms with E-state index in [1.807, 2.05) is 24.3 Å². The van der Waals surface area contributed by atoms with Gasteiger partial charge in [0.05, 0.1) is 9.92 Å². The van der Waals surface area contributed by atoms with Crippen molar-refractivity contribution in [2.24, 2.45) is 5.16 Å². The molecule has 0 aliphatic carbocycles. The summed E-state index contributed by atoms with van der Waals surface area (Å²) in [6.45, 7) is 3.16. The predicted molar refractivity (Wildman–Crippen MR) is 103 cm³/mol. The number of rotatable bonds is 5. The van der Waals surface area contributed by atoms with Crippen molar-refractivity contribution in [2.45, 2.75) is 34.5 Å². The molecule has 1 aliphatic rings. The van der Waals surface area contributed by atoms with Crippen LogP contribution >= 0.6 is 39.0 Å². The van der Waals surface area contributed by atoms with Gasteiger partial charge in [-0.3, -0.25) is 0 Å². The molecule has 134 valence electrons. The van der Waals surface area contributed by atoms with E-state index in [-0.39, 0.29) is 5.60 Å². The maximum atomic E-state index is 8.85. The molecule has 0 spiro atoms. The van der Waals surface area contributed by atoms with Gasteiger partial charge < -0.3 is 14.7 Å². The van der Waals surface area contributed by atoms with E-state index in [1.54, 1.807) is 37.1 Å². The van der Waals surface area contributed by atoms with Crippen LogP contribution in [0.3, 0.4) is 0 Å². The van der Waals surface area contributed by atoms with Gasteiger partial charge in [0.1, 0.15) is 15.2 Å². The monoisotopic (exact) mass is 442 g/mol. The number of methoxy groups -OCH3 is 1. The van der Waals surface area contributed by atoms with Gasteiger partial charge >= 0.3 is 0 Å². The summed E-state index contributed by atoms with van der Waals surface area (Å²) in [5, 5.41) is 13.1. The van der Waals surface area contributed by atoms with Gasteiger partial charge in [-0.25, -0.2) is 4.98 Å². The van der Waals surface area contributed by atoms with Gasteiger partial charge in [-0.15, -0.1) is 11.3 Å². The van der Waals surface area contributed by atoms with Crippen LogP contribution in [0.1, 0.15) is 30.3 Å². The third kappa shape index (κ3) is 4.09. The number of ether oxygens (including phenoxy) is 2. The molecule has 0 atom stereocenters. The van der Waals surface area contributed by atoms with Crippen LogP contribution in [-0.2, 0) is 15.1 Å². The van der Waals surface area contributed by atoms with Crippen LogP contribution in [0.15, 0.2) is 43.1 Å². The number of halogens is 1. The summed E-state index contributed by atoms with van der Waals surface area (Å²) in [5.74, 6) is 0. The third-order valence-electron chi connectivity index (χ3n) is 4.27. The Morgan fingerprint density at radius 3 is 2.64 bits per heavy atom. The second-order valence-corrected chi connectivity index (χ2v) is 8.81. The van der Waals surface area contributed by atoms with Crippen molar-refractivity contribution in [3.63, 3.8) is 0 Å². The van der Waals surface area contributed by atoms with Crippen LogP contribution in [0.5, 0.6) is 0 Å².